The van der Waals surface area contributed by atoms with Gasteiger partial charge in [0.25, 0.3) is 0 Å². The Hall–Kier alpha value is -7.86. The largest absolute Gasteiger partial charge is 0.308 e. The molecule has 0 saturated carbocycles. The van der Waals surface area contributed by atoms with E-state index in [9.17, 15) is 0 Å². The van der Waals surface area contributed by atoms with Gasteiger partial charge in [0.05, 0.1) is 43.7 Å². The molecule has 4 aromatic heterocycles. The predicted molar refractivity (Wildman–Crippen MR) is 265 cm³/mol. The maximum Gasteiger partial charge on any atom is 0.165 e. The summed E-state index contributed by atoms with van der Waals surface area (Å²) < 4.78 is 7.33. The van der Waals surface area contributed by atoms with Gasteiger partial charge < -0.3 is 4.57 Å². The second-order valence-corrected chi connectivity index (χ2v) is 16.7. The summed E-state index contributed by atoms with van der Waals surface area (Å²) in [6.07, 6.45) is 6.30. The number of thiophene rings is 1. The Kier molecular flexibility index (Phi) is 8.37. The summed E-state index contributed by atoms with van der Waals surface area (Å²) in [7, 11) is 0. The summed E-state index contributed by atoms with van der Waals surface area (Å²) in [6.45, 7) is 6.53. The second kappa shape index (κ2) is 14.4. The van der Waals surface area contributed by atoms with Gasteiger partial charge in [0.2, 0.25) is 0 Å². The highest BCUT2D eigenvalue weighted by atomic mass is 32.1. The quantitative estimate of drug-likeness (QED) is 0.161. The lowest BCUT2D eigenvalue weighted by atomic mass is 10.0. The lowest BCUT2D eigenvalue weighted by Gasteiger charge is -2.15. The topological polar surface area (TPSA) is 35.6 Å². The van der Waals surface area contributed by atoms with Crippen LogP contribution in [0.15, 0.2) is 195 Å². The second-order valence-electron chi connectivity index (χ2n) is 15.7. The van der Waals surface area contributed by atoms with Crippen molar-refractivity contribution in [2.24, 2.45) is 0 Å². The first-order valence-corrected chi connectivity index (χ1v) is 21.8. The van der Waals surface area contributed by atoms with Crippen molar-refractivity contribution >= 4 is 87.4 Å². The molecule has 12 rings (SSSR count). The molecule has 0 aliphatic carbocycles. The Labute approximate surface area is 362 Å². The molecule has 0 fully saturated rings. The standard InChI is InChI=1S/C57H38N4S/c1-3-17-47-40(4-2)52-50(61(47)57-54(58-45-26-12-13-27-46(45)59-57)39-32-30-37(31-33-39)36-18-7-5-8-19-36)35-34-49-53(52)44-22-11-14-28-48(44)60(49)51-29-16-25-43-42-24-15-23-41(55(42)62-56(43)51)38-20-9-6-10-21-38/h3-35H,2H2,1H3/b17-3-. The van der Waals surface area contributed by atoms with Crippen molar-refractivity contribution in [1.82, 2.24) is 19.1 Å². The minimum Gasteiger partial charge on any atom is -0.308 e. The summed E-state index contributed by atoms with van der Waals surface area (Å²) in [5, 5.41) is 6.05. The molecular weight excluding hydrogens is 773 g/mol. The van der Waals surface area contributed by atoms with Gasteiger partial charge in [-0.15, -0.1) is 11.3 Å². The maximum atomic E-state index is 5.45. The minimum atomic E-state index is 0.773. The van der Waals surface area contributed by atoms with Crippen LogP contribution in [0.2, 0.25) is 0 Å². The monoisotopic (exact) mass is 810 g/mol. The molecule has 4 nitrogen and oxygen atoms in total. The number of benzene rings is 8. The van der Waals surface area contributed by atoms with Crippen LogP contribution in [0, 0.1) is 0 Å². The van der Waals surface area contributed by atoms with Crippen LogP contribution >= 0.6 is 11.3 Å². The minimum absolute atomic E-state index is 0.773. The molecule has 5 heteroatoms. The fraction of sp³-hybridized carbons (Fsp3) is 0.0175. The number of fused-ring (bicyclic) bond motifs is 9. The highest BCUT2D eigenvalue weighted by Crippen LogP contribution is 2.47. The molecule has 0 N–H and O–H groups in total. The van der Waals surface area contributed by atoms with Crippen LogP contribution in [0.5, 0.6) is 0 Å². The van der Waals surface area contributed by atoms with E-state index in [4.69, 9.17) is 9.97 Å². The van der Waals surface area contributed by atoms with Crippen LogP contribution in [0.25, 0.3) is 121 Å². The molecular formula is C57H38N4S. The molecule has 0 aliphatic heterocycles. The van der Waals surface area contributed by atoms with Gasteiger partial charge in [-0.25, -0.2) is 9.97 Å². The Morgan fingerprint density at radius 1 is 0.484 bits per heavy atom. The van der Waals surface area contributed by atoms with Crippen molar-refractivity contribution in [3.8, 4) is 45.0 Å². The molecule has 0 radical (unpaired) electrons. The zero-order valence-corrected chi connectivity index (χ0v) is 34.8. The lowest BCUT2D eigenvalue weighted by molar-refractivity contribution is 1.03. The summed E-state index contributed by atoms with van der Waals surface area (Å²) in [5.74, 6) is 0.773. The molecule has 62 heavy (non-hydrogen) atoms. The highest BCUT2D eigenvalue weighted by molar-refractivity contribution is 7.26. The molecule has 0 amide bonds. The Morgan fingerprint density at radius 3 is 1.82 bits per heavy atom. The van der Waals surface area contributed by atoms with Crippen molar-refractivity contribution in [1.29, 1.82) is 0 Å². The number of para-hydroxylation sites is 3. The Balaban J connectivity index is 1.14. The van der Waals surface area contributed by atoms with Crippen LogP contribution < -0.4 is 0 Å². The van der Waals surface area contributed by atoms with Crippen molar-refractivity contribution in [3.63, 3.8) is 0 Å². The van der Waals surface area contributed by atoms with E-state index in [0.717, 1.165) is 66.9 Å². The molecule has 4 heterocycles. The van der Waals surface area contributed by atoms with Crippen LogP contribution in [-0.4, -0.2) is 19.1 Å². The average molecular weight is 811 g/mol. The number of rotatable bonds is 7. The smallest absolute Gasteiger partial charge is 0.165 e. The van der Waals surface area contributed by atoms with E-state index in [1.165, 1.54) is 53.3 Å². The fourth-order valence-corrected chi connectivity index (χ4v) is 10.9. The normalized spacial score (nSPS) is 12.0. The van der Waals surface area contributed by atoms with E-state index in [-0.39, 0.29) is 0 Å². The van der Waals surface area contributed by atoms with Crippen LogP contribution in [0.4, 0.5) is 0 Å². The first-order chi connectivity index (χ1) is 30.7. The fourth-order valence-electron chi connectivity index (χ4n) is 9.52. The van der Waals surface area contributed by atoms with Crippen molar-refractivity contribution in [2.75, 3.05) is 0 Å². The van der Waals surface area contributed by atoms with E-state index >= 15 is 0 Å². The van der Waals surface area contributed by atoms with Gasteiger partial charge in [-0.1, -0.05) is 164 Å². The van der Waals surface area contributed by atoms with E-state index in [1.807, 2.05) is 41.7 Å². The highest BCUT2D eigenvalue weighted by Gasteiger charge is 2.26. The maximum absolute atomic E-state index is 5.45. The number of allylic oxidation sites excluding steroid dienone is 1. The van der Waals surface area contributed by atoms with Gasteiger partial charge in [-0.05, 0) is 71.7 Å². The zero-order valence-electron chi connectivity index (χ0n) is 34.0. The summed E-state index contributed by atoms with van der Waals surface area (Å²) >= 11 is 1.88. The van der Waals surface area contributed by atoms with Gasteiger partial charge in [-0.2, -0.15) is 0 Å². The number of hydrogen-bond donors (Lipinski definition) is 0. The lowest BCUT2D eigenvalue weighted by Crippen LogP contribution is -2.05. The van der Waals surface area contributed by atoms with Gasteiger partial charge >= 0.3 is 0 Å². The molecule has 0 bridgehead atoms. The Morgan fingerprint density at radius 2 is 1.08 bits per heavy atom. The van der Waals surface area contributed by atoms with E-state index in [1.54, 1.807) is 0 Å². The van der Waals surface area contributed by atoms with E-state index in [0.29, 0.717) is 0 Å². The van der Waals surface area contributed by atoms with Gasteiger partial charge in [0.1, 0.15) is 5.69 Å². The number of hydrogen-bond acceptors (Lipinski definition) is 3. The van der Waals surface area contributed by atoms with Gasteiger partial charge in [0, 0.05) is 42.8 Å². The van der Waals surface area contributed by atoms with Crippen LogP contribution in [0.1, 0.15) is 18.2 Å². The molecule has 0 spiro atoms. The molecule has 8 aromatic carbocycles. The molecule has 0 saturated heterocycles. The summed E-state index contributed by atoms with van der Waals surface area (Å²) in [5.41, 5.74) is 14.9. The third kappa shape index (κ3) is 5.45. The van der Waals surface area contributed by atoms with Gasteiger partial charge in [-0.3, -0.25) is 4.57 Å². The Bertz CT molecular complexity index is 3760. The van der Waals surface area contributed by atoms with E-state index < -0.39 is 0 Å². The van der Waals surface area contributed by atoms with Crippen molar-refractivity contribution in [2.45, 2.75) is 6.92 Å². The first kappa shape index (κ1) is 36.0. The zero-order chi connectivity index (χ0) is 41.3. The van der Waals surface area contributed by atoms with Gasteiger partial charge in [0.15, 0.2) is 5.82 Å². The molecule has 0 atom stereocenters. The van der Waals surface area contributed by atoms with Crippen LogP contribution in [0.3, 0.4) is 0 Å². The van der Waals surface area contributed by atoms with Crippen molar-refractivity contribution < 1.29 is 0 Å². The van der Waals surface area contributed by atoms with Crippen LogP contribution in [-0.2, 0) is 0 Å². The SMILES string of the molecule is C=Cc1c(/C=C\C)n(-c2nc3ccccc3nc2-c2ccc(-c3ccccc3)cc2)c2ccc3c(c4ccccc4n3-c3cccc4c3sc3c(-c5ccccc5)cccc34)c12. The summed E-state index contributed by atoms with van der Waals surface area (Å²) in [4.78, 5) is 10.8. The number of nitrogens with zero attached hydrogens (tertiary/aromatic N) is 4. The molecule has 0 unspecified atom stereocenters. The third-order valence-corrected chi connectivity index (χ3v) is 13.5. The predicted octanol–water partition coefficient (Wildman–Crippen LogP) is 15.7. The van der Waals surface area contributed by atoms with Crippen molar-refractivity contribution in [3.05, 3.63) is 206 Å². The third-order valence-electron chi connectivity index (χ3n) is 12.2. The summed E-state index contributed by atoms with van der Waals surface area (Å²) in [6, 6.07) is 64.9. The molecule has 12 aromatic rings. The molecule has 292 valence electrons. The molecule has 0 aliphatic rings. The first-order valence-electron chi connectivity index (χ1n) is 21.0. The number of aromatic nitrogens is 4. The average Bonchev–Trinajstić information content (AvgIpc) is 3.99. The van der Waals surface area contributed by atoms with E-state index in [2.05, 4.69) is 193 Å².